The number of methoxy groups -OCH3 is 1. The first kappa shape index (κ1) is 34.4. The van der Waals surface area contributed by atoms with E-state index in [9.17, 15) is 18.0 Å². The first-order chi connectivity index (χ1) is 21.6. The van der Waals surface area contributed by atoms with Gasteiger partial charge in [0.05, 0.1) is 19.2 Å². The summed E-state index contributed by atoms with van der Waals surface area (Å²) in [5.74, 6) is -0.756. The molecule has 2 heterocycles. The number of benzene rings is 2. The van der Waals surface area contributed by atoms with Gasteiger partial charge in [-0.05, 0) is 74.1 Å². The molecule has 0 fully saturated rings. The molecule has 46 heavy (non-hydrogen) atoms. The zero-order chi connectivity index (χ0) is 33.8. The van der Waals surface area contributed by atoms with Crippen molar-refractivity contribution < 1.29 is 41.7 Å². The maximum atomic E-state index is 15.2. The van der Waals surface area contributed by atoms with Crippen molar-refractivity contribution in [1.82, 2.24) is 4.98 Å². The summed E-state index contributed by atoms with van der Waals surface area (Å²) in [5.41, 5.74) is -1.30. The lowest BCUT2D eigenvalue weighted by Crippen LogP contribution is -2.36. The summed E-state index contributed by atoms with van der Waals surface area (Å²) < 4.78 is 72.6. The van der Waals surface area contributed by atoms with Crippen molar-refractivity contribution in [1.29, 1.82) is 5.41 Å². The molecule has 0 saturated carbocycles. The van der Waals surface area contributed by atoms with Gasteiger partial charge in [-0.25, -0.2) is 4.39 Å². The zero-order valence-corrected chi connectivity index (χ0v) is 26.1. The first-order valence-corrected chi connectivity index (χ1v) is 14.6. The Balaban J connectivity index is 1.50. The Kier molecular flexibility index (Phi) is 10.4. The number of carbonyl (C=O) groups is 1. The molecular formula is C35H36F4N2O5. The molecule has 1 aliphatic heterocycles. The summed E-state index contributed by atoms with van der Waals surface area (Å²) in [6.07, 6.45) is 0.126. The molecule has 4 rings (SSSR count). The Labute approximate surface area is 264 Å². The molecule has 0 bridgehead atoms. The van der Waals surface area contributed by atoms with E-state index in [1.54, 1.807) is 24.4 Å². The zero-order valence-electron chi connectivity index (χ0n) is 26.1. The summed E-state index contributed by atoms with van der Waals surface area (Å²) in [5, 5.41) is 18.2. The van der Waals surface area contributed by atoms with Gasteiger partial charge in [-0.2, -0.15) is 13.2 Å². The van der Waals surface area contributed by atoms with Gasteiger partial charge in [0.25, 0.3) is 0 Å². The van der Waals surface area contributed by atoms with Crippen LogP contribution < -0.4 is 9.47 Å². The van der Waals surface area contributed by atoms with Crippen LogP contribution in [0.1, 0.15) is 39.2 Å². The van der Waals surface area contributed by atoms with Gasteiger partial charge in [-0.3, -0.25) is 15.2 Å². The number of carbonyl (C=O) groups excluding carboxylic acids is 1. The highest BCUT2D eigenvalue weighted by Crippen LogP contribution is 2.46. The van der Waals surface area contributed by atoms with Crippen LogP contribution in [0.4, 0.5) is 17.6 Å². The molecule has 0 spiro atoms. The van der Waals surface area contributed by atoms with Crippen LogP contribution in [0.5, 0.6) is 11.5 Å². The molecule has 0 saturated heterocycles. The molecule has 1 aliphatic rings. The average Bonchev–Trinajstić information content (AvgIpc) is 3.00. The van der Waals surface area contributed by atoms with Crippen molar-refractivity contribution >= 4 is 22.4 Å². The van der Waals surface area contributed by atoms with Gasteiger partial charge in [-0.15, -0.1) is 0 Å². The minimum absolute atomic E-state index is 0.0234. The molecule has 7 nitrogen and oxygen atoms in total. The highest BCUT2D eigenvalue weighted by molar-refractivity contribution is 6.46. The third kappa shape index (κ3) is 7.64. The van der Waals surface area contributed by atoms with Crippen LogP contribution in [-0.4, -0.2) is 48.1 Å². The van der Waals surface area contributed by atoms with Crippen molar-refractivity contribution in [2.75, 3.05) is 20.3 Å². The number of alkyl halides is 3. The van der Waals surface area contributed by atoms with Crippen LogP contribution in [0.15, 0.2) is 78.4 Å². The number of ether oxygens (including phenoxy) is 3. The number of hydrogen-bond donors (Lipinski definition) is 2. The number of nitrogens with one attached hydrogen (secondary N) is 1. The molecule has 1 unspecified atom stereocenters. The highest BCUT2D eigenvalue weighted by Gasteiger charge is 2.52. The maximum Gasteiger partial charge on any atom is 0.400 e. The van der Waals surface area contributed by atoms with E-state index in [0.29, 0.717) is 47.1 Å². The number of pyridine rings is 1. The Morgan fingerprint density at radius 2 is 1.83 bits per heavy atom. The SMILES string of the molecule is C=C1C=C(C(=N)C(=O)Cc2ccc(-c3cnc4cc(OCCC(C)CCO)c(OC)cc4c3)cc2F)C=C(C(C)(C)C(F)(F)F)O1. The fourth-order valence-corrected chi connectivity index (χ4v) is 4.74. The van der Waals surface area contributed by atoms with Crippen molar-refractivity contribution in [2.24, 2.45) is 11.3 Å². The number of halogens is 4. The van der Waals surface area contributed by atoms with E-state index >= 15 is 4.39 Å². The predicted octanol–water partition coefficient (Wildman–Crippen LogP) is 7.91. The molecule has 1 atom stereocenters. The van der Waals surface area contributed by atoms with Crippen molar-refractivity contribution in [3.63, 3.8) is 0 Å². The highest BCUT2D eigenvalue weighted by atomic mass is 19.4. The van der Waals surface area contributed by atoms with Gasteiger partial charge in [0.2, 0.25) is 0 Å². The fourth-order valence-electron chi connectivity index (χ4n) is 4.74. The molecule has 11 heteroatoms. The second-order valence-electron chi connectivity index (χ2n) is 11.8. The van der Waals surface area contributed by atoms with Gasteiger partial charge in [-0.1, -0.05) is 25.6 Å². The number of fused-ring (bicyclic) bond motifs is 1. The standard InChI is InChI=1S/C35H36F4N2O5/c1-20(8-10-42)9-11-45-31-18-28-24(16-30(31)44-5)13-26(19-41-28)22-6-7-23(27(36)14-22)15-29(43)33(40)25-12-21(2)46-32(17-25)34(3,4)35(37,38)39/h6-7,12-14,16-20,40,42H,2,8-11,15H2,1,3-5H3. The molecule has 1 aromatic heterocycles. The molecule has 2 aromatic carbocycles. The average molecular weight is 641 g/mol. The van der Waals surface area contributed by atoms with Gasteiger partial charge in [0, 0.05) is 41.8 Å². The van der Waals surface area contributed by atoms with Crippen LogP contribution in [0.2, 0.25) is 0 Å². The third-order valence-electron chi connectivity index (χ3n) is 7.93. The number of hydrogen-bond acceptors (Lipinski definition) is 7. The molecule has 0 amide bonds. The van der Waals surface area contributed by atoms with Gasteiger partial charge >= 0.3 is 6.18 Å². The van der Waals surface area contributed by atoms with Crippen LogP contribution in [0.3, 0.4) is 0 Å². The molecule has 2 N–H and O–H groups in total. The molecule has 244 valence electrons. The minimum Gasteiger partial charge on any atom is -0.493 e. The molecule has 0 radical (unpaired) electrons. The molecular weight excluding hydrogens is 604 g/mol. The van der Waals surface area contributed by atoms with E-state index in [0.717, 1.165) is 31.7 Å². The van der Waals surface area contributed by atoms with E-state index in [4.69, 9.17) is 24.7 Å². The summed E-state index contributed by atoms with van der Waals surface area (Å²) in [6, 6.07) is 9.69. The number of ketones is 1. The lowest BCUT2D eigenvalue weighted by molar-refractivity contribution is -0.207. The summed E-state index contributed by atoms with van der Waals surface area (Å²) in [6.45, 7) is 8.01. The molecule has 3 aromatic rings. The Morgan fingerprint density at radius 3 is 2.48 bits per heavy atom. The van der Waals surface area contributed by atoms with Crippen LogP contribution >= 0.6 is 0 Å². The predicted molar refractivity (Wildman–Crippen MR) is 167 cm³/mol. The van der Waals surface area contributed by atoms with Crippen LogP contribution in [-0.2, 0) is 16.0 Å². The normalized spacial score (nSPS) is 14.3. The molecule has 0 aliphatic carbocycles. The Bertz CT molecular complexity index is 1730. The monoisotopic (exact) mass is 640 g/mol. The summed E-state index contributed by atoms with van der Waals surface area (Å²) in [7, 11) is 1.53. The Morgan fingerprint density at radius 1 is 1.09 bits per heavy atom. The number of allylic oxidation sites excluding steroid dienone is 4. The fraction of sp³-hybridized carbons (Fsp3) is 0.343. The number of aliphatic hydroxyl groups is 1. The number of rotatable bonds is 13. The van der Waals surface area contributed by atoms with E-state index in [1.165, 1.54) is 25.3 Å². The van der Waals surface area contributed by atoms with E-state index in [1.807, 2.05) is 13.0 Å². The second-order valence-corrected chi connectivity index (χ2v) is 11.8. The number of aliphatic hydroxyl groups excluding tert-OH is 1. The largest absolute Gasteiger partial charge is 0.493 e. The van der Waals surface area contributed by atoms with Crippen LogP contribution in [0, 0.1) is 22.6 Å². The number of aromatic nitrogens is 1. The Hall–Kier alpha value is -4.51. The van der Waals surface area contributed by atoms with E-state index in [-0.39, 0.29) is 23.5 Å². The summed E-state index contributed by atoms with van der Waals surface area (Å²) in [4.78, 5) is 17.5. The quantitative estimate of drug-likeness (QED) is 0.145. The van der Waals surface area contributed by atoms with Crippen LogP contribution in [0.25, 0.3) is 22.0 Å². The lowest BCUT2D eigenvalue weighted by Gasteiger charge is -2.32. The van der Waals surface area contributed by atoms with Gasteiger partial charge < -0.3 is 19.3 Å². The topological polar surface area (TPSA) is 102 Å². The van der Waals surface area contributed by atoms with Crippen molar-refractivity contribution in [3.05, 3.63) is 89.8 Å². The summed E-state index contributed by atoms with van der Waals surface area (Å²) >= 11 is 0. The van der Waals surface area contributed by atoms with E-state index in [2.05, 4.69) is 11.6 Å². The second kappa shape index (κ2) is 13.9. The number of Topliss-reactive ketones (excluding diaryl/α,β-unsaturated/α-hetero) is 1. The van der Waals surface area contributed by atoms with Gasteiger partial charge in [0.15, 0.2) is 17.3 Å². The minimum atomic E-state index is -4.65. The maximum absolute atomic E-state index is 15.2. The first-order valence-electron chi connectivity index (χ1n) is 14.6. The van der Waals surface area contributed by atoms with Gasteiger partial charge in [0.1, 0.15) is 28.5 Å². The smallest absolute Gasteiger partial charge is 0.400 e. The lowest BCUT2D eigenvalue weighted by atomic mass is 9.86. The number of nitrogens with zero attached hydrogens (tertiary/aromatic N) is 1. The van der Waals surface area contributed by atoms with Crippen molar-refractivity contribution in [2.45, 2.75) is 46.2 Å². The van der Waals surface area contributed by atoms with E-state index < -0.39 is 41.1 Å². The van der Waals surface area contributed by atoms with Crippen molar-refractivity contribution in [3.8, 4) is 22.6 Å². The third-order valence-corrected chi connectivity index (χ3v) is 7.93.